The van der Waals surface area contributed by atoms with Gasteiger partial charge >= 0.3 is 6.18 Å². The molecule has 0 atom stereocenters. The number of alkyl halides is 3. The number of aromatic nitrogens is 2. The molecule has 5 nitrogen and oxygen atoms in total. The third-order valence-corrected chi connectivity index (χ3v) is 6.27. The predicted molar refractivity (Wildman–Crippen MR) is 105 cm³/mol. The van der Waals surface area contributed by atoms with E-state index < -0.39 is 21.9 Å². The van der Waals surface area contributed by atoms with Gasteiger partial charge in [-0.1, -0.05) is 46.4 Å². The monoisotopic (exact) mass is 503 g/mol. The molecule has 0 bridgehead atoms. The number of rotatable bonds is 3. The van der Waals surface area contributed by atoms with Gasteiger partial charge in [0, 0.05) is 5.56 Å². The maximum Gasteiger partial charge on any atom is 0.435 e. The number of benzene rings is 2. The van der Waals surface area contributed by atoms with Crippen molar-refractivity contribution >= 4 is 56.4 Å². The summed E-state index contributed by atoms with van der Waals surface area (Å²) in [6, 6.07) is 6.70. The lowest BCUT2D eigenvalue weighted by Gasteiger charge is -2.13. The van der Waals surface area contributed by atoms with Gasteiger partial charge in [-0.05, 0) is 36.4 Å². The van der Waals surface area contributed by atoms with Crippen LogP contribution >= 0.6 is 46.4 Å². The van der Waals surface area contributed by atoms with E-state index in [9.17, 15) is 21.6 Å². The number of hydrogen-bond donors (Lipinski definition) is 1. The molecular formula is C16H8Cl4F3N3O2S. The highest BCUT2D eigenvalue weighted by atomic mass is 35.5. The quantitative estimate of drug-likeness (QED) is 0.360. The third kappa shape index (κ3) is 4.35. The molecule has 154 valence electrons. The van der Waals surface area contributed by atoms with Crippen LogP contribution in [0.15, 0.2) is 41.3 Å². The van der Waals surface area contributed by atoms with Crippen LogP contribution in [0.1, 0.15) is 5.69 Å². The van der Waals surface area contributed by atoms with Crippen LogP contribution in [0, 0.1) is 0 Å². The molecule has 0 fully saturated rings. The number of halogens is 7. The molecule has 2 aromatic carbocycles. The van der Waals surface area contributed by atoms with Crippen molar-refractivity contribution in [2.24, 2.45) is 5.14 Å². The number of sulfonamides is 1. The van der Waals surface area contributed by atoms with E-state index in [1.54, 1.807) is 0 Å². The molecule has 29 heavy (non-hydrogen) atoms. The molecule has 0 radical (unpaired) electrons. The Labute approximate surface area is 182 Å². The molecule has 0 aliphatic rings. The Morgan fingerprint density at radius 1 is 0.931 bits per heavy atom. The first-order valence-electron chi connectivity index (χ1n) is 7.44. The summed E-state index contributed by atoms with van der Waals surface area (Å²) in [6.45, 7) is 0. The molecule has 0 amide bonds. The van der Waals surface area contributed by atoms with Crippen LogP contribution in [-0.4, -0.2) is 18.2 Å². The van der Waals surface area contributed by atoms with E-state index in [2.05, 4.69) is 5.10 Å². The average molecular weight is 505 g/mol. The summed E-state index contributed by atoms with van der Waals surface area (Å²) < 4.78 is 63.6. The second-order valence-electron chi connectivity index (χ2n) is 5.71. The number of nitrogens with zero attached hydrogens (tertiary/aromatic N) is 2. The van der Waals surface area contributed by atoms with E-state index in [1.165, 1.54) is 18.2 Å². The number of nitrogens with two attached hydrogens (primary N) is 1. The molecule has 13 heteroatoms. The van der Waals surface area contributed by atoms with Crippen molar-refractivity contribution in [3.63, 3.8) is 0 Å². The van der Waals surface area contributed by atoms with Crippen molar-refractivity contribution in [1.82, 2.24) is 9.78 Å². The first-order chi connectivity index (χ1) is 13.3. The van der Waals surface area contributed by atoms with E-state index in [1.807, 2.05) is 0 Å². The van der Waals surface area contributed by atoms with Gasteiger partial charge in [0.15, 0.2) is 5.69 Å². The third-order valence-electron chi connectivity index (χ3n) is 3.78. The SMILES string of the molecule is NS(=O)(=O)c1ccc(-n2nc(C(F)(F)F)cc2-c2c(Cl)cc(Cl)c(Cl)c2Cl)cc1. The van der Waals surface area contributed by atoms with Gasteiger partial charge in [0.1, 0.15) is 0 Å². The fraction of sp³-hybridized carbons (Fsp3) is 0.0625. The zero-order chi connectivity index (χ0) is 21.7. The van der Waals surface area contributed by atoms with Crippen molar-refractivity contribution in [2.45, 2.75) is 11.1 Å². The second-order valence-corrected chi connectivity index (χ2v) is 8.84. The van der Waals surface area contributed by atoms with Gasteiger partial charge in [0.25, 0.3) is 0 Å². The standard InChI is InChI=1S/C16H8Cl4F3N3O2S/c17-9-5-10(18)14(19)15(20)13(9)11-6-12(16(21,22)23)25-26(11)7-1-3-8(4-2-7)29(24,27)28/h1-6H,(H2,24,27,28). The van der Waals surface area contributed by atoms with Gasteiger partial charge < -0.3 is 0 Å². The molecule has 1 aromatic heterocycles. The first kappa shape index (κ1) is 22.2. The molecule has 1 heterocycles. The summed E-state index contributed by atoms with van der Waals surface area (Å²) in [4.78, 5) is -0.225. The summed E-state index contributed by atoms with van der Waals surface area (Å²) in [5.74, 6) is 0. The topological polar surface area (TPSA) is 78.0 Å². The molecular weight excluding hydrogens is 497 g/mol. The second kappa shape index (κ2) is 7.64. The summed E-state index contributed by atoms with van der Waals surface area (Å²) >= 11 is 24.3. The van der Waals surface area contributed by atoms with Crippen molar-refractivity contribution in [3.05, 3.63) is 62.2 Å². The Kier molecular flexibility index (Phi) is 5.85. The molecule has 0 aliphatic heterocycles. The van der Waals surface area contributed by atoms with Gasteiger partial charge in [-0.2, -0.15) is 18.3 Å². The Morgan fingerprint density at radius 3 is 2.03 bits per heavy atom. The largest absolute Gasteiger partial charge is 0.435 e. The average Bonchev–Trinajstić information content (AvgIpc) is 3.04. The van der Waals surface area contributed by atoms with Gasteiger partial charge in [-0.3, -0.25) is 0 Å². The minimum absolute atomic E-state index is 0.0185. The molecule has 0 aliphatic carbocycles. The maximum absolute atomic E-state index is 13.3. The Morgan fingerprint density at radius 2 is 1.52 bits per heavy atom. The lowest BCUT2D eigenvalue weighted by Crippen LogP contribution is -2.12. The zero-order valence-electron chi connectivity index (χ0n) is 13.8. The summed E-state index contributed by atoms with van der Waals surface area (Å²) in [6.07, 6.45) is -4.77. The highest BCUT2D eigenvalue weighted by Gasteiger charge is 2.36. The van der Waals surface area contributed by atoms with E-state index in [0.29, 0.717) is 0 Å². The van der Waals surface area contributed by atoms with E-state index in [4.69, 9.17) is 51.5 Å². The number of hydrogen-bond acceptors (Lipinski definition) is 3. The Bertz CT molecular complexity index is 1210. The lowest BCUT2D eigenvalue weighted by molar-refractivity contribution is -0.141. The van der Waals surface area contributed by atoms with E-state index in [-0.39, 0.29) is 41.9 Å². The van der Waals surface area contributed by atoms with Crippen LogP contribution in [0.4, 0.5) is 13.2 Å². The maximum atomic E-state index is 13.3. The van der Waals surface area contributed by atoms with Crippen LogP contribution in [0.3, 0.4) is 0 Å². The van der Waals surface area contributed by atoms with Gasteiger partial charge in [0.2, 0.25) is 10.0 Å². The van der Waals surface area contributed by atoms with Crippen molar-refractivity contribution in [2.75, 3.05) is 0 Å². The molecule has 0 saturated heterocycles. The molecule has 3 aromatic rings. The van der Waals surface area contributed by atoms with E-state index >= 15 is 0 Å². The van der Waals surface area contributed by atoms with Crippen molar-refractivity contribution in [3.8, 4) is 16.9 Å². The molecule has 0 unspecified atom stereocenters. The highest BCUT2D eigenvalue weighted by molar-refractivity contribution is 7.89. The molecule has 0 spiro atoms. The Balaban J connectivity index is 2.30. The predicted octanol–water partition coefficient (Wildman–Crippen LogP) is 5.82. The first-order valence-corrected chi connectivity index (χ1v) is 10.5. The lowest BCUT2D eigenvalue weighted by atomic mass is 10.1. The number of primary sulfonamides is 1. The van der Waals surface area contributed by atoms with Crippen molar-refractivity contribution in [1.29, 1.82) is 0 Å². The normalized spacial score (nSPS) is 12.4. The van der Waals surface area contributed by atoms with Gasteiger partial charge in [0.05, 0.1) is 36.4 Å². The minimum atomic E-state index is -4.77. The van der Waals surface area contributed by atoms with Crippen LogP contribution in [-0.2, 0) is 16.2 Å². The Hall–Kier alpha value is -1.49. The van der Waals surface area contributed by atoms with Crippen LogP contribution < -0.4 is 5.14 Å². The summed E-state index contributed by atoms with van der Waals surface area (Å²) in [5, 5.41) is 8.31. The van der Waals surface area contributed by atoms with Crippen LogP contribution in [0.5, 0.6) is 0 Å². The molecule has 3 rings (SSSR count). The van der Waals surface area contributed by atoms with Gasteiger partial charge in [-0.25, -0.2) is 18.2 Å². The van der Waals surface area contributed by atoms with Crippen LogP contribution in [0.2, 0.25) is 20.1 Å². The van der Waals surface area contributed by atoms with Gasteiger partial charge in [-0.15, -0.1) is 0 Å². The summed E-state index contributed by atoms with van der Waals surface area (Å²) in [5.41, 5.74) is -1.28. The van der Waals surface area contributed by atoms with Crippen molar-refractivity contribution < 1.29 is 21.6 Å². The zero-order valence-corrected chi connectivity index (χ0v) is 17.6. The fourth-order valence-electron chi connectivity index (χ4n) is 2.47. The van der Waals surface area contributed by atoms with E-state index in [0.717, 1.165) is 22.9 Å². The fourth-order valence-corrected chi connectivity index (χ4v) is 4.09. The molecule has 2 N–H and O–H groups in total. The molecule has 0 saturated carbocycles. The summed E-state index contributed by atoms with van der Waals surface area (Å²) in [7, 11) is -3.99. The highest BCUT2D eigenvalue weighted by Crippen LogP contribution is 2.44. The minimum Gasteiger partial charge on any atom is -0.232 e. The van der Waals surface area contributed by atoms with Crippen LogP contribution in [0.25, 0.3) is 16.9 Å². The smallest absolute Gasteiger partial charge is 0.232 e.